The minimum absolute atomic E-state index is 0.0235. The van der Waals surface area contributed by atoms with Crippen LogP contribution in [0.25, 0.3) is 0 Å². The zero-order valence-electron chi connectivity index (χ0n) is 11.3. The molecular weight excluding hydrogens is 234 g/mol. The summed E-state index contributed by atoms with van der Waals surface area (Å²) >= 11 is 0. The molecule has 0 amide bonds. The van der Waals surface area contributed by atoms with Crippen molar-refractivity contribution >= 4 is 12.4 Å². The molecule has 0 saturated heterocycles. The molecule has 104 valence electrons. The third-order valence-corrected chi connectivity index (χ3v) is 3.15. The first kappa shape index (κ1) is 15.0. The molecule has 1 fully saturated rings. The molecule has 2 N–H and O–H groups in total. The largest absolute Gasteiger partial charge is 0.465 e. The molecule has 0 heterocycles. The van der Waals surface area contributed by atoms with Crippen molar-refractivity contribution < 1.29 is 19.1 Å². The number of ether oxygens (including phenoxy) is 2. The highest BCUT2D eigenvalue weighted by Crippen LogP contribution is 2.28. The quantitative estimate of drug-likeness (QED) is 0.608. The monoisotopic (exact) mass is 257 g/mol. The minimum Gasteiger partial charge on any atom is -0.465 e. The van der Waals surface area contributed by atoms with E-state index in [4.69, 9.17) is 15.2 Å². The van der Waals surface area contributed by atoms with Gasteiger partial charge < -0.3 is 15.2 Å². The van der Waals surface area contributed by atoms with Crippen LogP contribution in [-0.4, -0.2) is 30.2 Å². The van der Waals surface area contributed by atoms with E-state index in [1.807, 2.05) is 20.8 Å². The summed E-state index contributed by atoms with van der Waals surface area (Å²) in [7, 11) is 0. The molecule has 1 unspecified atom stereocenters. The highest BCUT2D eigenvalue weighted by Gasteiger charge is 2.32. The molecule has 0 aromatic heterocycles. The summed E-state index contributed by atoms with van der Waals surface area (Å²) in [6.07, 6.45) is 3.09. The van der Waals surface area contributed by atoms with Crippen LogP contribution in [0.5, 0.6) is 0 Å². The maximum Gasteiger partial charge on any atom is 0.323 e. The van der Waals surface area contributed by atoms with Crippen LogP contribution in [0.1, 0.15) is 46.5 Å². The highest BCUT2D eigenvalue weighted by atomic mass is 16.6. The van der Waals surface area contributed by atoms with Gasteiger partial charge in [-0.15, -0.1) is 0 Å². The Morgan fingerprint density at radius 2 is 1.83 bits per heavy atom. The smallest absolute Gasteiger partial charge is 0.323 e. The van der Waals surface area contributed by atoms with Gasteiger partial charge in [0.05, 0.1) is 0 Å². The zero-order valence-corrected chi connectivity index (χ0v) is 11.3. The Hall–Kier alpha value is -1.10. The normalized spacial score (nSPS) is 26.2. The van der Waals surface area contributed by atoms with E-state index in [0.29, 0.717) is 6.47 Å². The summed E-state index contributed by atoms with van der Waals surface area (Å²) < 4.78 is 10.2. The lowest BCUT2D eigenvalue weighted by atomic mass is 9.83. The molecule has 1 aliphatic carbocycles. The molecule has 0 radical (unpaired) electrons. The van der Waals surface area contributed by atoms with Gasteiger partial charge in [0.2, 0.25) is 0 Å². The number of rotatable bonds is 4. The lowest BCUT2D eigenvalue weighted by molar-refractivity contribution is -0.158. The van der Waals surface area contributed by atoms with Crippen molar-refractivity contribution in [2.75, 3.05) is 0 Å². The Kier molecular flexibility index (Phi) is 5.14. The van der Waals surface area contributed by atoms with Crippen molar-refractivity contribution in [2.24, 2.45) is 11.7 Å². The van der Waals surface area contributed by atoms with Gasteiger partial charge in [-0.25, -0.2) is 0 Å². The van der Waals surface area contributed by atoms with E-state index in [-0.39, 0.29) is 18.0 Å². The lowest BCUT2D eigenvalue weighted by Gasteiger charge is -2.31. The maximum absolute atomic E-state index is 11.8. The Morgan fingerprint density at radius 3 is 2.28 bits per heavy atom. The second kappa shape index (κ2) is 6.18. The van der Waals surface area contributed by atoms with Gasteiger partial charge in [-0.2, -0.15) is 0 Å². The standard InChI is InChI=1S/C13H23NO4/c1-13(2,3)18-12(16)11(14)9-4-6-10(7-5-9)17-8-15/h8-11H,4-7,14H2,1-3H3. The second-order valence-electron chi connectivity index (χ2n) is 5.83. The zero-order chi connectivity index (χ0) is 13.8. The van der Waals surface area contributed by atoms with E-state index in [1.165, 1.54) is 0 Å². The summed E-state index contributed by atoms with van der Waals surface area (Å²) in [5.41, 5.74) is 5.43. The van der Waals surface area contributed by atoms with E-state index >= 15 is 0 Å². The van der Waals surface area contributed by atoms with Gasteiger partial charge in [0.1, 0.15) is 17.7 Å². The maximum atomic E-state index is 11.8. The van der Waals surface area contributed by atoms with Crippen molar-refractivity contribution in [3.05, 3.63) is 0 Å². The molecular formula is C13H23NO4. The predicted octanol–water partition coefficient (Wildman–Crippen LogP) is 1.39. The molecule has 1 saturated carbocycles. The van der Waals surface area contributed by atoms with Crippen LogP contribution in [-0.2, 0) is 19.1 Å². The molecule has 1 aliphatic rings. The predicted molar refractivity (Wildman–Crippen MR) is 66.7 cm³/mol. The highest BCUT2D eigenvalue weighted by molar-refractivity contribution is 5.76. The van der Waals surface area contributed by atoms with Crippen LogP contribution in [0.3, 0.4) is 0 Å². The van der Waals surface area contributed by atoms with E-state index < -0.39 is 11.6 Å². The van der Waals surface area contributed by atoms with Crippen LogP contribution < -0.4 is 5.73 Å². The van der Waals surface area contributed by atoms with Gasteiger partial charge in [0, 0.05) is 0 Å². The average Bonchev–Trinajstić information content (AvgIpc) is 2.27. The fourth-order valence-electron chi connectivity index (χ4n) is 2.22. The van der Waals surface area contributed by atoms with Crippen molar-refractivity contribution in [3.8, 4) is 0 Å². The van der Waals surface area contributed by atoms with Crippen LogP contribution in [0.4, 0.5) is 0 Å². The molecule has 5 heteroatoms. The van der Waals surface area contributed by atoms with Crippen molar-refractivity contribution in [1.29, 1.82) is 0 Å². The molecule has 5 nitrogen and oxygen atoms in total. The van der Waals surface area contributed by atoms with E-state index in [1.54, 1.807) is 0 Å². The Labute approximate surface area is 108 Å². The van der Waals surface area contributed by atoms with Gasteiger partial charge in [-0.05, 0) is 52.4 Å². The second-order valence-corrected chi connectivity index (χ2v) is 5.83. The molecule has 0 bridgehead atoms. The Morgan fingerprint density at radius 1 is 1.28 bits per heavy atom. The lowest BCUT2D eigenvalue weighted by Crippen LogP contribution is -2.44. The fraction of sp³-hybridized carbons (Fsp3) is 0.846. The number of nitrogens with two attached hydrogens (primary N) is 1. The van der Waals surface area contributed by atoms with Crippen molar-refractivity contribution in [1.82, 2.24) is 0 Å². The van der Waals surface area contributed by atoms with Gasteiger partial charge in [0.25, 0.3) is 6.47 Å². The van der Waals surface area contributed by atoms with E-state index in [0.717, 1.165) is 25.7 Å². The third-order valence-electron chi connectivity index (χ3n) is 3.15. The first-order valence-electron chi connectivity index (χ1n) is 6.41. The summed E-state index contributed by atoms with van der Waals surface area (Å²) in [6.45, 7) is 5.96. The molecule has 0 aromatic carbocycles. The summed E-state index contributed by atoms with van der Waals surface area (Å²) in [5.74, 6) is -0.228. The fourth-order valence-corrected chi connectivity index (χ4v) is 2.22. The van der Waals surface area contributed by atoms with Crippen LogP contribution >= 0.6 is 0 Å². The van der Waals surface area contributed by atoms with Crippen LogP contribution in [0, 0.1) is 5.92 Å². The van der Waals surface area contributed by atoms with Crippen molar-refractivity contribution in [2.45, 2.75) is 64.2 Å². The Bertz CT molecular complexity index is 290. The van der Waals surface area contributed by atoms with E-state index in [9.17, 15) is 9.59 Å². The molecule has 1 atom stereocenters. The van der Waals surface area contributed by atoms with E-state index in [2.05, 4.69) is 0 Å². The average molecular weight is 257 g/mol. The number of carbonyl (C=O) groups is 2. The molecule has 1 rings (SSSR count). The van der Waals surface area contributed by atoms with Gasteiger partial charge in [0.15, 0.2) is 0 Å². The number of esters is 1. The van der Waals surface area contributed by atoms with Gasteiger partial charge in [-0.1, -0.05) is 0 Å². The summed E-state index contributed by atoms with van der Waals surface area (Å²) in [6, 6.07) is -0.582. The molecule has 18 heavy (non-hydrogen) atoms. The number of carbonyl (C=O) groups excluding carboxylic acids is 2. The third kappa shape index (κ3) is 4.64. The molecule has 0 aliphatic heterocycles. The molecule has 0 aromatic rings. The summed E-state index contributed by atoms with van der Waals surface area (Å²) in [5, 5.41) is 0. The van der Waals surface area contributed by atoms with Gasteiger partial charge >= 0.3 is 5.97 Å². The first-order chi connectivity index (χ1) is 8.33. The van der Waals surface area contributed by atoms with Crippen LogP contribution in [0.2, 0.25) is 0 Å². The number of hydrogen-bond donors (Lipinski definition) is 1. The SMILES string of the molecule is CC(C)(C)OC(=O)C(N)C1CCC(OC=O)CC1. The Balaban J connectivity index is 2.42. The van der Waals surface area contributed by atoms with Gasteiger partial charge in [-0.3, -0.25) is 9.59 Å². The first-order valence-corrected chi connectivity index (χ1v) is 6.41. The summed E-state index contributed by atoms with van der Waals surface area (Å²) in [4.78, 5) is 22.1. The topological polar surface area (TPSA) is 78.6 Å². The number of hydrogen-bond acceptors (Lipinski definition) is 5. The van der Waals surface area contributed by atoms with Crippen molar-refractivity contribution in [3.63, 3.8) is 0 Å². The van der Waals surface area contributed by atoms with Crippen LogP contribution in [0.15, 0.2) is 0 Å². The molecule has 0 spiro atoms. The minimum atomic E-state index is -0.582.